The molecule has 0 bridgehead atoms. The number of fused-ring (bicyclic) bond motifs is 1. The number of hydrogen-bond acceptors (Lipinski definition) is 5. The molecule has 0 saturated carbocycles. The molecule has 3 rings (SSSR count). The number of ether oxygens (including phenoxy) is 1. The normalized spacial score (nSPS) is 13.8. The minimum atomic E-state index is -0.863. The minimum absolute atomic E-state index is 0.156. The van der Waals surface area contributed by atoms with E-state index in [-0.39, 0.29) is 24.3 Å². The van der Waals surface area contributed by atoms with E-state index in [4.69, 9.17) is 4.74 Å². The maximum Gasteiger partial charge on any atom is 0.328 e. The van der Waals surface area contributed by atoms with E-state index in [0.717, 1.165) is 10.5 Å². The van der Waals surface area contributed by atoms with Gasteiger partial charge in [0, 0.05) is 6.54 Å². The first-order chi connectivity index (χ1) is 13.9. The lowest BCUT2D eigenvalue weighted by Crippen LogP contribution is -2.48. The molecule has 7 nitrogen and oxygen atoms in total. The number of carbonyl (C=O) groups excluding carboxylic acids is 4. The Morgan fingerprint density at radius 2 is 1.52 bits per heavy atom. The first kappa shape index (κ1) is 20.3. The van der Waals surface area contributed by atoms with Crippen molar-refractivity contribution in [3.8, 4) is 0 Å². The predicted octanol–water partition coefficient (Wildman–Crippen LogP) is 2.26. The van der Waals surface area contributed by atoms with Crippen LogP contribution in [0, 0.1) is 0 Å². The number of carbonyl (C=O) groups is 4. The van der Waals surface area contributed by atoms with Gasteiger partial charge in [0.2, 0.25) is 5.91 Å². The molecular formula is C22H22N2O5. The van der Waals surface area contributed by atoms with E-state index in [1.54, 1.807) is 38.1 Å². The molecule has 29 heavy (non-hydrogen) atoms. The van der Waals surface area contributed by atoms with Gasteiger partial charge in [-0.2, -0.15) is 0 Å². The standard InChI is InChI=1S/C22H22N2O5/c1-3-29-22(28)15(2)23(13-16-9-5-4-6-10-16)19(25)14-24-20(26)17-11-7-8-12-18(17)21(24)27/h4-12,15H,3,13-14H2,1-2H3. The van der Waals surface area contributed by atoms with E-state index in [0.29, 0.717) is 0 Å². The van der Waals surface area contributed by atoms with E-state index >= 15 is 0 Å². The Kier molecular flexibility index (Phi) is 6.07. The summed E-state index contributed by atoms with van der Waals surface area (Å²) in [5.74, 6) is -2.08. The summed E-state index contributed by atoms with van der Waals surface area (Å²) < 4.78 is 5.06. The Labute approximate surface area is 168 Å². The molecule has 3 amide bonds. The van der Waals surface area contributed by atoms with Crippen molar-refractivity contribution in [1.82, 2.24) is 9.80 Å². The fraction of sp³-hybridized carbons (Fsp3) is 0.273. The number of imide groups is 1. The Bertz CT molecular complexity index is 906. The van der Waals surface area contributed by atoms with Crippen molar-refractivity contribution in [3.63, 3.8) is 0 Å². The van der Waals surface area contributed by atoms with Crippen molar-refractivity contribution < 1.29 is 23.9 Å². The van der Waals surface area contributed by atoms with Gasteiger partial charge in [0.25, 0.3) is 11.8 Å². The van der Waals surface area contributed by atoms with Gasteiger partial charge in [-0.1, -0.05) is 42.5 Å². The molecule has 0 aromatic heterocycles. The molecule has 150 valence electrons. The highest BCUT2D eigenvalue weighted by molar-refractivity contribution is 6.22. The summed E-state index contributed by atoms with van der Waals surface area (Å²) >= 11 is 0. The van der Waals surface area contributed by atoms with Crippen LogP contribution in [0.4, 0.5) is 0 Å². The van der Waals surface area contributed by atoms with Gasteiger partial charge in [-0.15, -0.1) is 0 Å². The highest BCUT2D eigenvalue weighted by Gasteiger charge is 2.38. The number of benzene rings is 2. The highest BCUT2D eigenvalue weighted by Crippen LogP contribution is 2.23. The Morgan fingerprint density at radius 1 is 0.966 bits per heavy atom. The molecule has 0 aliphatic carbocycles. The van der Waals surface area contributed by atoms with Crippen LogP contribution >= 0.6 is 0 Å². The van der Waals surface area contributed by atoms with Crippen molar-refractivity contribution in [2.75, 3.05) is 13.2 Å². The molecule has 1 atom stereocenters. The third-order valence-electron chi connectivity index (χ3n) is 4.78. The molecule has 2 aromatic carbocycles. The summed E-state index contributed by atoms with van der Waals surface area (Å²) in [6, 6.07) is 14.8. The Morgan fingerprint density at radius 3 is 2.07 bits per heavy atom. The number of esters is 1. The number of hydrogen-bond donors (Lipinski definition) is 0. The van der Waals surface area contributed by atoms with Crippen molar-refractivity contribution in [2.45, 2.75) is 26.4 Å². The topological polar surface area (TPSA) is 84.0 Å². The van der Waals surface area contributed by atoms with Gasteiger partial charge < -0.3 is 9.64 Å². The predicted molar refractivity (Wildman–Crippen MR) is 105 cm³/mol. The summed E-state index contributed by atoms with van der Waals surface area (Å²) in [4.78, 5) is 52.7. The molecule has 1 aliphatic heterocycles. The molecule has 0 spiro atoms. The van der Waals surface area contributed by atoms with Crippen LogP contribution in [-0.2, 0) is 20.9 Å². The van der Waals surface area contributed by atoms with Gasteiger partial charge in [-0.3, -0.25) is 19.3 Å². The summed E-state index contributed by atoms with van der Waals surface area (Å²) in [6.45, 7) is 3.16. The van der Waals surface area contributed by atoms with Crippen LogP contribution in [0.25, 0.3) is 0 Å². The second-order valence-electron chi connectivity index (χ2n) is 6.68. The highest BCUT2D eigenvalue weighted by atomic mass is 16.5. The van der Waals surface area contributed by atoms with Gasteiger partial charge >= 0.3 is 5.97 Å². The monoisotopic (exact) mass is 394 g/mol. The maximum atomic E-state index is 13.1. The molecular weight excluding hydrogens is 372 g/mol. The summed E-state index contributed by atoms with van der Waals surface area (Å²) in [5, 5.41) is 0. The van der Waals surface area contributed by atoms with Crippen molar-refractivity contribution in [1.29, 1.82) is 0 Å². The zero-order chi connectivity index (χ0) is 21.0. The van der Waals surface area contributed by atoms with E-state index in [9.17, 15) is 19.2 Å². The Balaban J connectivity index is 1.82. The minimum Gasteiger partial charge on any atom is -0.464 e. The molecule has 2 aromatic rings. The maximum absolute atomic E-state index is 13.1. The van der Waals surface area contributed by atoms with Crippen LogP contribution in [0.5, 0.6) is 0 Å². The number of rotatable bonds is 7. The molecule has 1 aliphatic rings. The van der Waals surface area contributed by atoms with Crippen LogP contribution in [0.1, 0.15) is 40.1 Å². The van der Waals surface area contributed by atoms with Crippen LogP contribution < -0.4 is 0 Å². The second kappa shape index (κ2) is 8.68. The van der Waals surface area contributed by atoms with Gasteiger partial charge in [0.05, 0.1) is 17.7 Å². The van der Waals surface area contributed by atoms with Gasteiger partial charge in [-0.05, 0) is 31.5 Å². The lowest BCUT2D eigenvalue weighted by molar-refractivity contribution is -0.154. The fourth-order valence-corrected chi connectivity index (χ4v) is 3.22. The average molecular weight is 394 g/mol. The van der Waals surface area contributed by atoms with Crippen LogP contribution in [0.15, 0.2) is 54.6 Å². The molecule has 1 heterocycles. The molecule has 0 fully saturated rings. The number of nitrogens with zero attached hydrogens (tertiary/aromatic N) is 2. The zero-order valence-electron chi connectivity index (χ0n) is 16.3. The first-order valence-corrected chi connectivity index (χ1v) is 9.39. The van der Waals surface area contributed by atoms with Crippen LogP contribution in [0.2, 0.25) is 0 Å². The van der Waals surface area contributed by atoms with E-state index in [1.165, 1.54) is 4.90 Å². The molecule has 1 unspecified atom stereocenters. The fourth-order valence-electron chi connectivity index (χ4n) is 3.22. The Hall–Kier alpha value is -3.48. The van der Waals surface area contributed by atoms with Gasteiger partial charge in [-0.25, -0.2) is 4.79 Å². The lowest BCUT2D eigenvalue weighted by Gasteiger charge is -2.29. The molecule has 0 saturated heterocycles. The largest absolute Gasteiger partial charge is 0.464 e. The lowest BCUT2D eigenvalue weighted by atomic mass is 10.1. The number of amides is 3. The SMILES string of the molecule is CCOC(=O)C(C)N(Cc1ccccc1)C(=O)CN1C(=O)c2ccccc2C1=O. The van der Waals surface area contributed by atoms with E-state index in [1.807, 2.05) is 30.3 Å². The van der Waals surface area contributed by atoms with Gasteiger partial charge in [0.15, 0.2) is 0 Å². The molecule has 7 heteroatoms. The molecule has 0 radical (unpaired) electrons. The average Bonchev–Trinajstić information content (AvgIpc) is 2.97. The third-order valence-corrected chi connectivity index (χ3v) is 4.78. The van der Waals surface area contributed by atoms with Crippen molar-refractivity contribution >= 4 is 23.7 Å². The first-order valence-electron chi connectivity index (χ1n) is 9.39. The summed E-state index contributed by atoms with van der Waals surface area (Å²) in [5.41, 5.74) is 1.37. The third kappa shape index (κ3) is 4.18. The van der Waals surface area contributed by atoms with Crippen LogP contribution in [-0.4, -0.2) is 52.7 Å². The van der Waals surface area contributed by atoms with Crippen molar-refractivity contribution in [3.05, 3.63) is 71.3 Å². The smallest absolute Gasteiger partial charge is 0.328 e. The van der Waals surface area contributed by atoms with E-state index in [2.05, 4.69) is 0 Å². The zero-order valence-corrected chi connectivity index (χ0v) is 16.3. The van der Waals surface area contributed by atoms with Crippen molar-refractivity contribution in [2.24, 2.45) is 0 Å². The van der Waals surface area contributed by atoms with Gasteiger partial charge in [0.1, 0.15) is 12.6 Å². The molecule has 0 N–H and O–H groups in total. The quantitative estimate of drug-likeness (QED) is 0.531. The second-order valence-corrected chi connectivity index (χ2v) is 6.68. The van der Waals surface area contributed by atoms with E-state index < -0.39 is 36.3 Å². The summed E-state index contributed by atoms with van der Waals surface area (Å²) in [6.07, 6.45) is 0. The van der Waals surface area contributed by atoms with Crippen LogP contribution in [0.3, 0.4) is 0 Å². The summed E-state index contributed by atoms with van der Waals surface area (Å²) in [7, 11) is 0.